The molecule has 0 saturated heterocycles. The van der Waals surface area contributed by atoms with Crippen LogP contribution in [0.1, 0.15) is 25.3 Å². The normalized spacial score (nSPS) is 10.7. The van der Waals surface area contributed by atoms with Crippen LogP contribution in [0.25, 0.3) is 11.4 Å². The highest BCUT2D eigenvalue weighted by Gasteiger charge is 2.14. The second kappa shape index (κ2) is 10.7. The molecule has 6 heteroatoms. The van der Waals surface area contributed by atoms with Gasteiger partial charge in [0.25, 0.3) is 0 Å². The molecule has 3 aromatic rings. The summed E-state index contributed by atoms with van der Waals surface area (Å²) < 4.78 is 13.1. The first-order chi connectivity index (χ1) is 14.2. The minimum atomic E-state index is 0.650. The maximum atomic E-state index is 5.75. The van der Waals surface area contributed by atoms with Gasteiger partial charge in [-0.15, -0.1) is 16.8 Å². The fraction of sp³-hybridized carbons (Fsp3) is 0.304. The Balaban J connectivity index is 1.74. The van der Waals surface area contributed by atoms with Crippen LogP contribution < -0.4 is 9.47 Å². The molecule has 29 heavy (non-hydrogen) atoms. The van der Waals surface area contributed by atoms with Crippen LogP contribution in [0.3, 0.4) is 0 Å². The minimum Gasteiger partial charge on any atom is -0.497 e. The number of hydrogen-bond acceptors (Lipinski definition) is 5. The van der Waals surface area contributed by atoms with Gasteiger partial charge in [0.05, 0.1) is 13.7 Å². The van der Waals surface area contributed by atoms with Crippen LogP contribution >= 0.6 is 11.8 Å². The highest BCUT2D eigenvalue weighted by atomic mass is 32.2. The van der Waals surface area contributed by atoms with Gasteiger partial charge < -0.3 is 9.47 Å². The van der Waals surface area contributed by atoms with E-state index in [0.29, 0.717) is 6.54 Å². The monoisotopic (exact) mass is 409 g/mol. The second-order valence-corrected chi connectivity index (χ2v) is 7.51. The van der Waals surface area contributed by atoms with Gasteiger partial charge in [-0.3, -0.25) is 4.57 Å². The summed E-state index contributed by atoms with van der Waals surface area (Å²) in [5, 5.41) is 9.72. The Kier molecular flexibility index (Phi) is 7.76. The highest BCUT2D eigenvalue weighted by Crippen LogP contribution is 2.28. The predicted octanol–water partition coefficient (Wildman–Crippen LogP) is 5.61. The highest BCUT2D eigenvalue weighted by molar-refractivity contribution is 7.98. The lowest BCUT2D eigenvalue weighted by molar-refractivity contribution is 0.309. The number of unbranched alkanes of at least 4 members (excludes halogenated alkanes) is 1. The van der Waals surface area contributed by atoms with Crippen LogP contribution in [0.2, 0.25) is 0 Å². The van der Waals surface area contributed by atoms with Crippen molar-refractivity contribution in [1.29, 1.82) is 0 Å². The van der Waals surface area contributed by atoms with Gasteiger partial charge in [-0.05, 0) is 48.4 Å². The molecule has 0 amide bonds. The lowest BCUT2D eigenvalue weighted by Crippen LogP contribution is -2.01. The third-order valence-electron chi connectivity index (χ3n) is 4.41. The number of rotatable bonds is 11. The molecule has 0 atom stereocenters. The maximum Gasteiger partial charge on any atom is 0.192 e. The third-order valence-corrected chi connectivity index (χ3v) is 5.45. The summed E-state index contributed by atoms with van der Waals surface area (Å²) in [6, 6.07) is 16.1. The van der Waals surface area contributed by atoms with Crippen molar-refractivity contribution in [3.8, 4) is 22.9 Å². The van der Waals surface area contributed by atoms with Gasteiger partial charge in [-0.2, -0.15) is 0 Å². The molecule has 0 saturated carbocycles. The number of aromatic nitrogens is 3. The molecule has 5 nitrogen and oxygen atoms in total. The molecular formula is C23H27N3O2S. The smallest absolute Gasteiger partial charge is 0.192 e. The molecule has 0 radical (unpaired) electrons. The molecule has 0 fully saturated rings. The lowest BCUT2D eigenvalue weighted by Gasteiger charge is -2.09. The number of nitrogens with zero attached hydrogens (tertiary/aromatic N) is 3. The van der Waals surface area contributed by atoms with Gasteiger partial charge in [0.2, 0.25) is 0 Å². The van der Waals surface area contributed by atoms with Crippen LogP contribution in [0, 0.1) is 0 Å². The summed E-state index contributed by atoms with van der Waals surface area (Å²) in [5.74, 6) is 3.36. The fourth-order valence-corrected chi connectivity index (χ4v) is 3.74. The molecule has 0 bridgehead atoms. The van der Waals surface area contributed by atoms with Crippen molar-refractivity contribution < 1.29 is 9.47 Å². The van der Waals surface area contributed by atoms with Crippen LogP contribution in [0.4, 0.5) is 0 Å². The Bertz CT molecular complexity index is 922. The number of allylic oxidation sites excluding steroid dienone is 1. The van der Waals surface area contributed by atoms with Crippen LogP contribution in [-0.2, 0) is 12.3 Å². The number of thioether (sulfide) groups is 1. The summed E-state index contributed by atoms with van der Waals surface area (Å²) in [5.41, 5.74) is 2.19. The SMILES string of the molecule is C=CCn1c(SCc2cccc(OC)c2)nnc1-c1ccc(OCCCC)cc1. The number of hydrogen-bond donors (Lipinski definition) is 0. The van der Waals surface area contributed by atoms with Gasteiger partial charge in [0.1, 0.15) is 11.5 Å². The van der Waals surface area contributed by atoms with Crippen molar-refractivity contribution in [1.82, 2.24) is 14.8 Å². The van der Waals surface area contributed by atoms with Crippen molar-refractivity contribution in [3.05, 3.63) is 66.7 Å². The zero-order valence-electron chi connectivity index (χ0n) is 17.0. The molecule has 0 N–H and O–H groups in total. The van der Waals surface area contributed by atoms with E-state index in [2.05, 4.69) is 34.3 Å². The molecule has 0 unspecified atom stereocenters. The van der Waals surface area contributed by atoms with Crippen LogP contribution in [0.5, 0.6) is 11.5 Å². The van der Waals surface area contributed by atoms with E-state index in [9.17, 15) is 0 Å². The Hall–Kier alpha value is -2.73. The van der Waals surface area contributed by atoms with Crippen molar-refractivity contribution in [2.45, 2.75) is 37.2 Å². The fourth-order valence-electron chi connectivity index (χ4n) is 2.85. The molecule has 2 aromatic carbocycles. The van der Waals surface area contributed by atoms with E-state index < -0.39 is 0 Å². The number of benzene rings is 2. The minimum absolute atomic E-state index is 0.650. The van der Waals surface area contributed by atoms with Crippen molar-refractivity contribution in [3.63, 3.8) is 0 Å². The van der Waals surface area contributed by atoms with Gasteiger partial charge in [-0.1, -0.05) is 43.3 Å². The standard InChI is InChI=1S/C23H27N3O2S/c1-4-6-15-28-20-12-10-19(11-13-20)22-24-25-23(26(22)14-5-2)29-17-18-8-7-9-21(16-18)27-3/h5,7-13,16H,2,4,6,14-15,17H2,1,3H3. The van der Waals surface area contributed by atoms with Crippen LogP contribution in [0.15, 0.2) is 66.3 Å². The molecular weight excluding hydrogens is 382 g/mol. The van der Waals surface area contributed by atoms with Crippen molar-refractivity contribution in [2.75, 3.05) is 13.7 Å². The van der Waals surface area contributed by atoms with E-state index in [1.165, 1.54) is 5.56 Å². The summed E-state index contributed by atoms with van der Waals surface area (Å²) in [6.07, 6.45) is 4.05. The Morgan fingerprint density at radius 1 is 1.10 bits per heavy atom. The second-order valence-electron chi connectivity index (χ2n) is 6.57. The predicted molar refractivity (Wildman–Crippen MR) is 119 cm³/mol. The average molecular weight is 410 g/mol. The molecule has 1 heterocycles. The first-order valence-corrected chi connectivity index (χ1v) is 10.8. The topological polar surface area (TPSA) is 49.2 Å². The molecule has 0 aliphatic rings. The Labute approximate surface area is 176 Å². The lowest BCUT2D eigenvalue weighted by atomic mass is 10.2. The van der Waals surface area contributed by atoms with E-state index in [4.69, 9.17) is 9.47 Å². The van der Waals surface area contributed by atoms with E-state index in [-0.39, 0.29) is 0 Å². The molecule has 3 rings (SSSR count). The Morgan fingerprint density at radius 2 is 1.93 bits per heavy atom. The molecule has 0 spiro atoms. The molecule has 1 aromatic heterocycles. The van der Waals surface area contributed by atoms with Gasteiger partial charge in [0.15, 0.2) is 11.0 Å². The van der Waals surface area contributed by atoms with Crippen molar-refractivity contribution in [2.24, 2.45) is 0 Å². The molecule has 152 valence electrons. The van der Waals surface area contributed by atoms with Crippen molar-refractivity contribution >= 4 is 11.8 Å². The molecule has 0 aliphatic carbocycles. The van der Waals surface area contributed by atoms with E-state index in [1.54, 1.807) is 18.9 Å². The van der Waals surface area contributed by atoms with Crippen LogP contribution in [-0.4, -0.2) is 28.5 Å². The summed E-state index contributed by atoms with van der Waals surface area (Å²) in [6.45, 7) is 7.44. The first-order valence-electron chi connectivity index (χ1n) is 9.78. The summed E-state index contributed by atoms with van der Waals surface area (Å²) >= 11 is 1.65. The van der Waals surface area contributed by atoms with Gasteiger partial charge in [-0.25, -0.2) is 0 Å². The quantitative estimate of drug-likeness (QED) is 0.234. The number of ether oxygens (including phenoxy) is 2. The van der Waals surface area contributed by atoms with E-state index in [1.807, 2.05) is 48.5 Å². The largest absolute Gasteiger partial charge is 0.497 e. The van der Waals surface area contributed by atoms with E-state index >= 15 is 0 Å². The zero-order valence-corrected chi connectivity index (χ0v) is 17.8. The molecule has 0 aliphatic heterocycles. The third kappa shape index (κ3) is 5.64. The Morgan fingerprint density at radius 3 is 2.66 bits per heavy atom. The summed E-state index contributed by atoms with van der Waals surface area (Å²) in [4.78, 5) is 0. The van der Waals surface area contributed by atoms with Gasteiger partial charge >= 0.3 is 0 Å². The van der Waals surface area contributed by atoms with E-state index in [0.717, 1.165) is 53.2 Å². The first kappa shape index (κ1) is 21.0. The summed E-state index contributed by atoms with van der Waals surface area (Å²) in [7, 11) is 1.68. The zero-order chi connectivity index (χ0) is 20.5. The maximum absolute atomic E-state index is 5.75. The number of methoxy groups -OCH3 is 1. The van der Waals surface area contributed by atoms with Gasteiger partial charge in [0, 0.05) is 17.9 Å². The average Bonchev–Trinajstić information content (AvgIpc) is 3.16.